The van der Waals surface area contributed by atoms with Crippen molar-refractivity contribution in [3.8, 4) is 0 Å². The van der Waals surface area contributed by atoms with Gasteiger partial charge in [-0.25, -0.2) is 0 Å². The molecule has 0 aromatic carbocycles. The van der Waals surface area contributed by atoms with Gasteiger partial charge in [0, 0.05) is 6.21 Å². The summed E-state index contributed by atoms with van der Waals surface area (Å²) in [6, 6.07) is 0. The molecule has 10 heavy (non-hydrogen) atoms. The second kappa shape index (κ2) is 8.47. The van der Waals surface area contributed by atoms with Crippen LogP contribution >= 0.6 is 0 Å². The minimum absolute atomic E-state index is 0.917. The van der Waals surface area contributed by atoms with Crippen molar-refractivity contribution in [2.75, 3.05) is 0 Å². The van der Waals surface area contributed by atoms with Crippen molar-refractivity contribution in [2.24, 2.45) is 5.16 Å². The Kier molecular flexibility index (Phi) is 8.02. The largest absolute Gasteiger partial charge is 0.411 e. The highest BCUT2D eigenvalue weighted by atomic mass is 16.4. The molecule has 0 radical (unpaired) electrons. The van der Waals surface area contributed by atoms with Crippen molar-refractivity contribution >= 4 is 6.21 Å². The van der Waals surface area contributed by atoms with Gasteiger partial charge in [0.05, 0.1) is 0 Å². The summed E-state index contributed by atoms with van der Waals surface area (Å²) in [4.78, 5) is 0. The molecule has 2 nitrogen and oxygen atoms in total. The number of nitrogens with zero attached hydrogens (tertiary/aromatic N) is 1. The average Bonchev–Trinajstić information content (AvgIpc) is 1.97. The third-order valence-electron chi connectivity index (χ3n) is 1.52. The van der Waals surface area contributed by atoms with E-state index in [1.807, 2.05) is 0 Å². The highest BCUT2D eigenvalue weighted by Crippen LogP contribution is 2.03. The zero-order valence-electron chi connectivity index (χ0n) is 6.71. The lowest BCUT2D eigenvalue weighted by molar-refractivity contribution is 0.320. The molecular weight excluding hydrogens is 126 g/mol. The maximum absolute atomic E-state index is 8.04. The van der Waals surface area contributed by atoms with E-state index >= 15 is 0 Å². The third kappa shape index (κ3) is 7.47. The molecule has 0 aromatic heterocycles. The van der Waals surface area contributed by atoms with E-state index in [9.17, 15) is 0 Å². The lowest BCUT2D eigenvalue weighted by Gasteiger charge is -1.94. The fourth-order valence-corrected chi connectivity index (χ4v) is 0.897. The predicted molar refractivity (Wildman–Crippen MR) is 43.7 cm³/mol. The maximum Gasteiger partial charge on any atom is 0.0435 e. The van der Waals surface area contributed by atoms with Gasteiger partial charge in [0.2, 0.25) is 0 Å². The van der Waals surface area contributed by atoms with Crippen LogP contribution in [0.3, 0.4) is 0 Å². The van der Waals surface area contributed by atoms with Crippen molar-refractivity contribution in [2.45, 2.75) is 45.4 Å². The summed E-state index contributed by atoms with van der Waals surface area (Å²) in [7, 11) is 0. The van der Waals surface area contributed by atoms with Crippen LogP contribution in [0.15, 0.2) is 5.16 Å². The Bertz CT molecular complexity index is 81.3. The van der Waals surface area contributed by atoms with Crippen molar-refractivity contribution in [3.63, 3.8) is 0 Å². The molecule has 0 fully saturated rings. The highest BCUT2D eigenvalue weighted by Gasteiger charge is 1.85. The Morgan fingerprint density at radius 2 is 1.90 bits per heavy atom. The molecule has 60 valence electrons. The highest BCUT2D eigenvalue weighted by molar-refractivity contribution is 5.55. The van der Waals surface area contributed by atoms with Crippen LogP contribution in [-0.2, 0) is 0 Å². The topological polar surface area (TPSA) is 32.6 Å². The van der Waals surface area contributed by atoms with Gasteiger partial charge in [-0.1, -0.05) is 32.6 Å². The minimum atomic E-state index is 0.917. The zero-order chi connectivity index (χ0) is 7.66. The normalized spacial score (nSPS) is 10.9. The van der Waals surface area contributed by atoms with E-state index in [0.29, 0.717) is 0 Å². The summed E-state index contributed by atoms with van der Waals surface area (Å²) in [5.74, 6) is 0. The van der Waals surface area contributed by atoms with Gasteiger partial charge in [0.15, 0.2) is 0 Å². The molecule has 0 aliphatic heterocycles. The fourth-order valence-electron chi connectivity index (χ4n) is 0.897. The predicted octanol–water partition coefficient (Wildman–Crippen LogP) is 2.81. The Labute approximate surface area is 62.9 Å². The first kappa shape index (κ1) is 9.47. The van der Waals surface area contributed by atoms with Gasteiger partial charge in [-0.15, -0.1) is 5.16 Å². The van der Waals surface area contributed by atoms with Crippen LogP contribution in [0.2, 0.25) is 0 Å². The van der Waals surface area contributed by atoms with Crippen LogP contribution in [0, 0.1) is 0 Å². The molecule has 0 saturated carbocycles. The number of hydrogen-bond donors (Lipinski definition) is 1. The molecule has 0 spiro atoms. The van der Waals surface area contributed by atoms with Crippen molar-refractivity contribution < 1.29 is 5.21 Å². The summed E-state index contributed by atoms with van der Waals surface area (Å²) in [6.07, 6.45) is 8.83. The van der Waals surface area contributed by atoms with Crippen LogP contribution in [0.1, 0.15) is 45.4 Å². The molecule has 0 heterocycles. The first-order chi connectivity index (χ1) is 4.91. The molecule has 0 aliphatic carbocycles. The van der Waals surface area contributed by atoms with Gasteiger partial charge in [0.25, 0.3) is 0 Å². The van der Waals surface area contributed by atoms with E-state index < -0.39 is 0 Å². The standard InChI is InChI=1S/C8H17NO/c1-2-3-4-5-6-7-8-9-10/h8,10H,2-7H2,1H3/b9-8+. The van der Waals surface area contributed by atoms with Gasteiger partial charge in [-0.05, 0) is 12.8 Å². The van der Waals surface area contributed by atoms with E-state index in [0.717, 1.165) is 12.8 Å². The maximum atomic E-state index is 8.04. The van der Waals surface area contributed by atoms with E-state index in [1.165, 1.54) is 25.7 Å². The summed E-state index contributed by atoms with van der Waals surface area (Å²) >= 11 is 0. The van der Waals surface area contributed by atoms with Gasteiger partial charge in [-0.3, -0.25) is 0 Å². The van der Waals surface area contributed by atoms with Crippen LogP contribution < -0.4 is 0 Å². The molecule has 0 saturated heterocycles. The summed E-state index contributed by atoms with van der Waals surface area (Å²) in [5.41, 5.74) is 0. The van der Waals surface area contributed by atoms with Gasteiger partial charge in [0.1, 0.15) is 0 Å². The first-order valence-corrected chi connectivity index (χ1v) is 4.07. The van der Waals surface area contributed by atoms with Gasteiger partial charge < -0.3 is 5.21 Å². The van der Waals surface area contributed by atoms with E-state index in [-0.39, 0.29) is 0 Å². The quantitative estimate of drug-likeness (QED) is 0.264. The molecule has 0 unspecified atom stereocenters. The van der Waals surface area contributed by atoms with Crippen LogP contribution in [0.25, 0.3) is 0 Å². The number of unbranched alkanes of at least 4 members (excludes halogenated alkanes) is 5. The van der Waals surface area contributed by atoms with Crippen LogP contribution in [-0.4, -0.2) is 11.4 Å². The monoisotopic (exact) mass is 143 g/mol. The van der Waals surface area contributed by atoms with E-state index in [4.69, 9.17) is 5.21 Å². The Morgan fingerprint density at radius 3 is 2.50 bits per heavy atom. The molecule has 0 aromatic rings. The number of oxime groups is 1. The Balaban J connectivity index is 2.77. The fraction of sp³-hybridized carbons (Fsp3) is 0.875. The van der Waals surface area contributed by atoms with Crippen molar-refractivity contribution in [3.05, 3.63) is 0 Å². The van der Waals surface area contributed by atoms with Crippen molar-refractivity contribution in [1.29, 1.82) is 0 Å². The summed E-state index contributed by atoms with van der Waals surface area (Å²) in [6.45, 7) is 2.20. The smallest absolute Gasteiger partial charge is 0.0435 e. The summed E-state index contributed by atoms with van der Waals surface area (Å²) in [5, 5.41) is 11.0. The average molecular weight is 143 g/mol. The third-order valence-corrected chi connectivity index (χ3v) is 1.52. The molecule has 2 heteroatoms. The lowest BCUT2D eigenvalue weighted by Crippen LogP contribution is -1.79. The molecule has 0 rings (SSSR count). The number of hydrogen-bond acceptors (Lipinski definition) is 2. The first-order valence-electron chi connectivity index (χ1n) is 4.07. The van der Waals surface area contributed by atoms with E-state index in [2.05, 4.69) is 12.1 Å². The van der Waals surface area contributed by atoms with Crippen LogP contribution in [0.5, 0.6) is 0 Å². The molecule has 0 amide bonds. The molecule has 0 aliphatic rings. The molecule has 0 bridgehead atoms. The zero-order valence-corrected chi connectivity index (χ0v) is 6.71. The van der Waals surface area contributed by atoms with Crippen molar-refractivity contribution in [1.82, 2.24) is 0 Å². The van der Waals surface area contributed by atoms with Crippen LogP contribution in [0.4, 0.5) is 0 Å². The van der Waals surface area contributed by atoms with Gasteiger partial charge >= 0.3 is 0 Å². The summed E-state index contributed by atoms with van der Waals surface area (Å²) < 4.78 is 0. The van der Waals surface area contributed by atoms with E-state index in [1.54, 1.807) is 6.21 Å². The Morgan fingerprint density at radius 1 is 1.20 bits per heavy atom. The second-order valence-corrected chi connectivity index (χ2v) is 2.50. The molecule has 0 atom stereocenters. The van der Waals surface area contributed by atoms with Gasteiger partial charge in [-0.2, -0.15) is 0 Å². The molecular formula is C8H17NO. The number of rotatable bonds is 6. The molecule has 1 N–H and O–H groups in total. The minimum Gasteiger partial charge on any atom is -0.411 e. The second-order valence-electron chi connectivity index (χ2n) is 2.50. The lowest BCUT2D eigenvalue weighted by atomic mass is 10.1. The Hall–Kier alpha value is -0.530. The SMILES string of the molecule is CCCCCCC/C=N/O.